The van der Waals surface area contributed by atoms with E-state index in [1.165, 1.54) is 0 Å². The molecule has 0 aliphatic carbocycles. The minimum absolute atomic E-state index is 0.362. The van der Waals surface area contributed by atoms with Gasteiger partial charge in [-0.1, -0.05) is 6.92 Å². The molecule has 1 aromatic rings. The molecule has 0 aliphatic heterocycles. The molecule has 2 nitrogen and oxygen atoms in total. The van der Waals surface area contributed by atoms with Crippen LogP contribution in [0.15, 0.2) is 16.7 Å². The first kappa shape index (κ1) is 7.35. The van der Waals surface area contributed by atoms with Crippen molar-refractivity contribution in [3.8, 4) is 0 Å². The van der Waals surface area contributed by atoms with Crippen LogP contribution in [0, 0.1) is 6.92 Å². The van der Waals surface area contributed by atoms with Gasteiger partial charge in [0.25, 0.3) is 0 Å². The third kappa shape index (κ3) is 1.21. The molecule has 1 atom stereocenters. The molecule has 1 aromatic heterocycles. The Bertz CT molecular complexity index is 203. The second kappa shape index (κ2) is 2.88. The Morgan fingerprint density at radius 1 is 1.70 bits per heavy atom. The van der Waals surface area contributed by atoms with Gasteiger partial charge in [0.2, 0.25) is 0 Å². The number of furan rings is 1. The summed E-state index contributed by atoms with van der Waals surface area (Å²) in [7, 11) is 0. The van der Waals surface area contributed by atoms with Gasteiger partial charge in [-0.3, -0.25) is 0 Å². The second-order valence-corrected chi connectivity index (χ2v) is 2.36. The molecule has 10 heavy (non-hydrogen) atoms. The van der Waals surface area contributed by atoms with Gasteiger partial charge in [0.1, 0.15) is 5.76 Å². The smallest absolute Gasteiger partial charge is 0.106 e. The molecule has 0 amide bonds. The highest BCUT2D eigenvalue weighted by Gasteiger charge is 2.08. The molecule has 56 valence electrons. The molecule has 0 unspecified atom stereocenters. The zero-order valence-corrected chi connectivity index (χ0v) is 6.29. The van der Waals surface area contributed by atoms with E-state index in [9.17, 15) is 5.11 Å². The van der Waals surface area contributed by atoms with E-state index in [1.54, 1.807) is 6.26 Å². The fourth-order valence-electron chi connectivity index (χ4n) is 0.960. The summed E-state index contributed by atoms with van der Waals surface area (Å²) in [6, 6.07) is 1.81. The Morgan fingerprint density at radius 2 is 2.40 bits per heavy atom. The third-order valence-corrected chi connectivity index (χ3v) is 1.64. The van der Waals surface area contributed by atoms with Gasteiger partial charge in [-0.2, -0.15) is 0 Å². The molecule has 0 radical (unpaired) electrons. The van der Waals surface area contributed by atoms with Crippen molar-refractivity contribution in [2.75, 3.05) is 0 Å². The van der Waals surface area contributed by atoms with Crippen LogP contribution in [0.1, 0.15) is 30.8 Å². The number of rotatable bonds is 2. The van der Waals surface area contributed by atoms with Crippen LogP contribution in [-0.2, 0) is 0 Å². The van der Waals surface area contributed by atoms with Crippen LogP contribution in [0.3, 0.4) is 0 Å². The molecule has 1 N–H and O–H groups in total. The molecular formula is C8H12O2. The van der Waals surface area contributed by atoms with Gasteiger partial charge in [-0.05, 0) is 19.4 Å². The van der Waals surface area contributed by atoms with Crippen LogP contribution >= 0.6 is 0 Å². The highest BCUT2D eigenvalue weighted by Crippen LogP contribution is 2.20. The second-order valence-electron chi connectivity index (χ2n) is 2.36. The quantitative estimate of drug-likeness (QED) is 0.681. The van der Waals surface area contributed by atoms with E-state index in [0.29, 0.717) is 0 Å². The van der Waals surface area contributed by atoms with E-state index in [-0.39, 0.29) is 6.10 Å². The maximum absolute atomic E-state index is 9.34. The van der Waals surface area contributed by atoms with Gasteiger partial charge in [-0.25, -0.2) is 0 Å². The summed E-state index contributed by atoms with van der Waals surface area (Å²) < 4.78 is 5.03. The van der Waals surface area contributed by atoms with E-state index >= 15 is 0 Å². The Labute approximate surface area is 60.5 Å². The molecule has 0 aromatic carbocycles. The summed E-state index contributed by atoms with van der Waals surface area (Å²) in [6.07, 6.45) is 1.97. The van der Waals surface area contributed by atoms with Crippen molar-refractivity contribution in [1.82, 2.24) is 0 Å². The minimum atomic E-state index is -0.362. The Hall–Kier alpha value is -0.760. The number of hydrogen-bond donors (Lipinski definition) is 1. The van der Waals surface area contributed by atoms with Crippen molar-refractivity contribution in [2.45, 2.75) is 26.4 Å². The van der Waals surface area contributed by atoms with Crippen LogP contribution in [0.4, 0.5) is 0 Å². The maximum atomic E-state index is 9.34. The van der Waals surface area contributed by atoms with Gasteiger partial charge in [-0.15, -0.1) is 0 Å². The molecular weight excluding hydrogens is 128 g/mol. The van der Waals surface area contributed by atoms with Gasteiger partial charge >= 0.3 is 0 Å². The van der Waals surface area contributed by atoms with Crippen LogP contribution in [-0.4, -0.2) is 5.11 Å². The maximum Gasteiger partial charge on any atom is 0.106 e. The van der Waals surface area contributed by atoms with Crippen molar-refractivity contribution in [1.29, 1.82) is 0 Å². The third-order valence-electron chi connectivity index (χ3n) is 1.64. The van der Waals surface area contributed by atoms with Crippen LogP contribution in [0.5, 0.6) is 0 Å². The van der Waals surface area contributed by atoms with Gasteiger partial charge in [0.05, 0.1) is 12.4 Å². The van der Waals surface area contributed by atoms with Gasteiger partial charge in [0.15, 0.2) is 0 Å². The van der Waals surface area contributed by atoms with Crippen LogP contribution in [0.2, 0.25) is 0 Å². The Kier molecular flexibility index (Phi) is 2.12. The lowest BCUT2D eigenvalue weighted by Crippen LogP contribution is -1.93. The molecule has 1 heterocycles. The first-order valence-corrected chi connectivity index (χ1v) is 3.47. The van der Waals surface area contributed by atoms with Crippen molar-refractivity contribution in [2.24, 2.45) is 0 Å². The number of aryl methyl sites for hydroxylation is 1. The lowest BCUT2D eigenvalue weighted by atomic mass is 10.1. The Balaban J connectivity index is 2.82. The highest BCUT2D eigenvalue weighted by atomic mass is 16.3. The lowest BCUT2D eigenvalue weighted by Gasteiger charge is -2.04. The monoisotopic (exact) mass is 140 g/mol. The number of aliphatic hydroxyl groups is 1. The summed E-state index contributed by atoms with van der Waals surface area (Å²) in [4.78, 5) is 0. The zero-order valence-electron chi connectivity index (χ0n) is 6.29. The fraction of sp³-hybridized carbons (Fsp3) is 0.500. The zero-order chi connectivity index (χ0) is 7.56. The van der Waals surface area contributed by atoms with E-state index in [4.69, 9.17) is 4.42 Å². The van der Waals surface area contributed by atoms with Gasteiger partial charge in [0, 0.05) is 5.56 Å². The van der Waals surface area contributed by atoms with Crippen molar-refractivity contribution >= 4 is 0 Å². The summed E-state index contributed by atoms with van der Waals surface area (Å²) in [5.74, 6) is 0.814. The molecule has 0 bridgehead atoms. The molecule has 0 spiro atoms. The van der Waals surface area contributed by atoms with E-state index in [1.807, 2.05) is 19.9 Å². The topological polar surface area (TPSA) is 33.4 Å². The normalized spacial score (nSPS) is 13.5. The van der Waals surface area contributed by atoms with Crippen LogP contribution in [0.25, 0.3) is 0 Å². The molecule has 0 saturated heterocycles. The first-order valence-electron chi connectivity index (χ1n) is 3.47. The highest BCUT2D eigenvalue weighted by molar-refractivity contribution is 5.17. The largest absolute Gasteiger partial charge is 0.469 e. The standard InChI is InChI=1S/C8H12O2/c1-3-8(9)7-4-5-10-6(7)2/h4-5,8-9H,3H2,1-2H3/t8-/m0/s1. The predicted octanol–water partition coefficient (Wildman–Crippen LogP) is 2.03. The van der Waals surface area contributed by atoms with Crippen molar-refractivity contribution < 1.29 is 9.52 Å². The molecule has 2 heteroatoms. The first-order chi connectivity index (χ1) is 4.75. The summed E-state index contributed by atoms with van der Waals surface area (Å²) in [5, 5.41) is 9.34. The minimum Gasteiger partial charge on any atom is -0.469 e. The predicted molar refractivity (Wildman–Crippen MR) is 38.7 cm³/mol. The SMILES string of the molecule is CC[C@H](O)c1ccoc1C. The number of hydrogen-bond acceptors (Lipinski definition) is 2. The summed E-state index contributed by atoms with van der Waals surface area (Å²) in [6.45, 7) is 3.80. The van der Waals surface area contributed by atoms with E-state index in [0.717, 1.165) is 17.7 Å². The fourth-order valence-corrected chi connectivity index (χ4v) is 0.960. The van der Waals surface area contributed by atoms with E-state index in [2.05, 4.69) is 0 Å². The number of aliphatic hydroxyl groups excluding tert-OH is 1. The van der Waals surface area contributed by atoms with Gasteiger partial charge < -0.3 is 9.52 Å². The van der Waals surface area contributed by atoms with Crippen molar-refractivity contribution in [3.05, 3.63) is 23.7 Å². The summed E-state index contributed by atoms with van der Waals surface area (Å²) in [5.41, 5.74) is 0.905. The lowest BCUT2D eigenvalue weighted by molar-refractivity contribution is 0.171. The summed E-state index contributed by atoms with van der Waals surface area (Å²) >= 11 is 0. The van der Waals surface area contributed by atoms with Crippen LogP contribution < -0.4 is 0 Å². The Morgan fingerprint density at radius 3 is 2.80 bits per heavy atom. The molecule has 0 saturated carbocycles. The van der Waals surface area contributed by atoms with E-state index < -0.39 is 0 Å². The molecule has 0 fully saturated rings. The molecule has 0 aliphatic rings. The average molecular weight is 140 g/mol. The molecule has 1 rings (SSSR count). The van der Waals surface area contributed by atoms with Crippen molar-refractivity contribution in [3.63, 3.8) is 0 Å². The average Bonchev–Trinajstić information content (AvgIpc) is 2.34.